The van der Waals surface area contributed by atoms with Crippen molar-refractivity contribution < 1.29 is 29.0 Å². The molecule has 0 aliphatic carbocycles. The summed E-state index contributed by atoms with van der Waals surface area (Å²) in [7, 11) is 0. The predicted octanol–water partition coefficient (Wildman–Crippen LogP) is 3.11. The molecule has 9 heteroatoms. The Labute approximate surface area is 225 Å². The maximum Gasteiger partial charge on any atom is 0.246 e. The van der Waals surface area contributed by atoms with E-state index in [2.05, 4.69) is 10.6 Å². The molecule has 3 fully saturated rings. The largest absolute Gasteiger partial charge is 0.494 e. The Morgan fingerprint density at radius 3 is 2.34 bits per heavy atom. The van der Waals surface area contributed by atoms with Gasteiger partial charge in [0.15, 0.2) is 0 Å². The molecule has 210 valence electrons. The van der Waals surface area contributed by atoms with E-state index >= 15 is 0 Å². The summed E-state index contributed by atoms with van der Waals surface area (Å²) in [5.41, 5.74) is -1.90. The van der Waals surface area contributed by atoms with E-state index < -0.39 is 40.7 Å². The van der Waals surface area contributed by atoms with Gasteiger partial charge in [-0.1, -0.05) is 20.8 Å². The molecule has 9 nitrogen and oxygen atoms in total. The molecular formula is C29H43N3O6. The number of aliphatic hydroxyl groups is 1. The summed E-state index contributed by atoms with van der Waals surface area (Å²) in [6.07, 6.45) is 1.62. The van der Waals surface area contributed by atoms with E-state index in [-0.39, 0.29) is 30.2 Å². The molecule has 3 amide bonds. The van der Waals surface area contributed by atoms with E-state index in [1.165, 1.54) is 4.90 Å². The highest BCUT2D eigenvalue weighted by Gasteiger charge is 2.79. The number of hydrogen-bond acceptors (Lipinski definition) is 6. The molecule has 38 heavy (non-hydrogen) atoms. The van der Waals surface area contributed by atoms with Gasteiger partial charge < -0.3 is 30.1 Å². The van der Waals surface area contributed by atoms with Crippen LogP contribution in [0.4, 0.5) is 5.69 Å². The van der Waals surface area contributed by atoms with E-state index in [1.807, 2.05) is 48.5 Å². The lowest BCUT2D eigenvalue weighted by molar-refractivity contribution is -0.152. The van der Waals surface area contributed by atoms with E-state index in [0.717, 1.165) is 0 Å². The third-order valence-electron chi connectivity index (χ3n) is 8.39. The zero-order valence-corrected chi connectivity index (χ0v) is 23.7. The van der Waals surface area contributed by atoms with Crippen LogP contribution in [0.15, 0.2) is 24.3 Å². The van der Waals surface area contributed by atoms with Gasteiger partial charge in [-0.05, 0) is 77.1 Å². The summed E-state index contributed by atoms with van der Waals surface area (Å²) in [6, 6.07) is 5.61. The second-order valence-electron chi connectivity index (χ2n) is 12.3. The minimum atomic E-state index is -1.13. The fourth-order valence-electron chi connectivity index (χ4n) is 6.79. The monoisotopic (exact) mass is 529 g/mol. The first kappa shape index (κ1) is 28.4. The van der Waals surface area contributed by atoms with Crippen molar-refractivity contribution in [3.8, 4) is 5.75 Å². The normalized spacial score (nSPS) is 30.9. The van der Waals surface area contributed by atoms with Gasteiger partial charge in [0.2, 0.25) is 17.7 Å². The highest BCUT2D eigenvalue weighted by molar-refractivity contribution is 6.02. The molecule has 0 aromatic heterocycles. The number of aliphatic hydroxyl groups excluding tert-OH is 1. The Hall–Kier alpha value is -2.65. The van der Waals surface area contributed by atoms with Gasteiger partial charge in [0.1, 0.15) is 17.4 Å². The number of amides is 3. The van der Waals surface area contributed by atoms with E-state index in [0.29, 0.717) is 37.3 Å². The molecule has 3 aliphatic rings. The quantitative estimate of drug-likeness (QED) is 0.453. The fraction of sp³-hybridized carbons (Fsp3) is 0.690. The smallest absolute Gasteiger partial charge is 0.246 e. The lowest BCUT2D eigenvalue weighted by Gasteiger charge is -2.39. The molecule has 1 aromatic rings. The second-order valence-corrected chi connectivity index (χ2v) is 12.3. The number of likely N-dealkylation sites (tertiary alicyclic amines) is 1. The van der Waals surface area contributed by atoms with Crippen LogP contribution in [0.1, 0.15) is 67.7 Å². The van der Waals surface area contributed by atoms with Gasteiger partial charge in [0, 0.05) is 11.2 Å². The zero-order valence-electron chi connectivity index (χ0n) is 23.7. The van der Waals surface area contributed by atoms with Crippen LogP contribution in [0.25, 0.3) is 0 Å². The number of nitrogens with zero attached hydrogens (tertiary/aromatic N) is 1. The van der Waals surface area contributed by atoms with Gasteiger partial charge in [-0.25, -0.2) is 0 Å². The predicted molar refractivity (Wildman–Crippen MR) is 144 cm³/mol. The van der Waals surface area contributed by atoms with Crippen LogP contribution in [-0.2, 0) is 19.1 Å². The number of benzene rings is 1. The maximum atomic E-state index is 14.3. The lowest BCUT2D eigenvalue weighted by atomic mass is 9.65. The Bertz CT molecular complexity index is 1070. The Morgan fingerprint density at radius 1 is 1.16 bits per heavy atom. The summed E-state index contributed by atoms with van der Waals surface area (Å²) < 4.78 is 12.3. The number of ether oxygens (including phenoxy) is 2. The third-order valence-corrected chi connectivity index (χ3v) is 8.39. The SMILES string of the molecule is CCOc1ccc(NC(=O)[C@@H]2[C@H]3C(=O)N([C@@H](CO)C(C)C)C(C(=O)NC(C)(C)C)C34CC[C@@]2(CC)O4)cc1. The van der Waals surface area contributed by atoms with Crippen molar-refractivity contribution in [1.82, 2.24) is 10.2 Å². The summed E-state index contributed by atoms with van der Waals surface area (Å²) in [5, 5.41) is 16.3. The molecule has 2 bridgehead atoms. The van der Waals surface area contributed by atoms with Crippen LogP contribution in [0.5, 0.6) is 5.75 Å². The maximum absolute atomic E-state index is 14.3. The second kappa shape index (κ2) is 10.2. The zero-order chi connectivity index (χ0) is 28.0. The van der Waals surface area contributed by atoms with Crippen molar-refractivity contribution in [2.24, 2.45) is 17.8 Å². The van der Waals surface area contributed by atoms with Crippen molar-refractivity contribution in [2.45, 2.75) is 96.6 Å². The number of fused-ring (bicyclic) bond motifs is 1. The van der Waals surface area contributed by atoms with Crippen LogP contribution in [0.3, 0.4) is 0 Å². The van der Waals surface area contributed by atoms with Gasteiger partial charge in [-0.3, -0.25) is 14.4 Å². The number of anilines is 1. The molecule has 3 N–H and O–H groups in total. The first-order chi connectivity index (χ1) is 17.8. The number of rotatable bonds is 9. The molecule has 0 radical (unpaired) electrons. The number of carbonyl (C=O) groups is 3. The van der Waals surface area contributed by atoms with Crippen LogP contribution in [0.2, 0.25) is 0 Å². The number of nitrogens with one attached hydrogen (secondary N) is 2. The van der Waals surface area contributed by atoms with Crippen LogP contribution < -0.4 is 15.4 Å². The molecule has 2 unspecified atom stereocenters. The van der Waals surface area contributed by atoms with Crippen LogP contribution in [0, 0.1) is 17.8 Å². The Kier molecular flexibility index (Phi) is 7.58. The first-order valence-corrected chi connectivity index (χ1v) is 13.8. The standard InChI is InChI=1S/C29H43N3O6/c1-8-28-14-15-29(38-28)22(21(28)24(34)30-18-10-12-19(13-11-18)37-9-2)26(36)32(20(16-33)17(3)4)23(29)25(35)31-27(5,6)7/h10-13,17,20-23,33H,8-9,14-16H2,1-7H3,(H,30,34)(H,31,35)/t20-,21-,22-,23?,28+,29?/m0/s1. The average Bonchev–Trinajstić information content (AvgIpc) is 3.44. The molecule has 1 aromatic carbocycles. The van der Waals surface area contributed by atoms with Gasteiger partial charge in [-0.15, -0.1) is 0 Å². The van der Waals surface area contributed by atoms with Gasteiger partial charge in [0.25, 0.3) is 0 Å². The highest BCUT2D eigenvalue weighted by Crippen LogP contribution is 2.64. The fourth-order valence-corrected chi connectivity index (χ4v) is 6.79. The van der Waals surface area contributed by atoms with E-state index in [1.54, 1.807) is 24.3 Å². The highest BCUT2D eigenvalue weighted by atomic mass is 16.5. The third kappa shape index (κ3) is 4.57. The molecular weight excluding hydrogens is 486 g/mol. The van der Waals surface area contributed by atoms with Crippen molar-refractivity contribution in [3.63, 3.8) is 0 Å². The number of carbonyl (C=O) groups excluding carboxylic acids is 3. The van der Waals surface area contributed by atoms with Crippen molar-refractivity contribution in [1.29, 1.82) is 0 Å². The summed E-state index contributed by atoms with van der Waals surface area (Å²) >= 11 is 0. The minimum absolute atomic E-state index is 0.0995. The van der Waals surface area contributed by atoms with Crippen molar-refractivity contribution in [2.75, 3.05) is 18.5 Å². The van der Waals surface area contributed by atoms with Crippen LogP contribution >= 0.6 is 0 Å². The Morgan fingerprint density at radius 2 is 1.82 bits per heavy atom. The van der Waals surface area contributed by atoms with Crippen LogP contribution in [-0.4, -0.2) is 69.8 Å². The van der Waals surface area contributed by atoms with Gasteiger partial charge in [0.05, 0.1) is 36.7 Å². The van der Waals surface area contributed by atoms with Gasteiger partial charge >= 0.3 is 0 Å². The molecule has 6 atom stereocenters. The van der Waals surface area contributed by atoms with Crippen molar-refractivity contribution >= 4 is 23.4 Å². The average molecular weight is 530 g/mol. The van der Waals surface area contributed by atoms with E-state index in [4.69, 9.17) is 9.47 Å². The summed E-state index contributed by atoms with van der Waals surface area (Å²) in [5.74, 6) is -1.88. The van der Waals surface area contributed by atoms with Crippen molar-refractivity contribution in [3.05, 3.63) is 24.3 Å². The molecule has 0 saturated carbocycles. The van der Waals surface area contributed by atoms with Gasteiger partial charge in [-0.2, -0.15) is 0 Å². The minimum Gasteiger partial charge on any atom is -0.494 e. The molecule has 1 spiro atoms. The Balaban J connectivity index is 1.74. The summed E-state index contributed by atoms with van der Waals surface area (Å²) in [4.78, 5) is 43.5. The molecule has 3 heterocycles. The number of hydrogen-bond donors (Lipinski definition) is 3. The lowest BCUT2D eigenvalue weighted by Crippen LogP contribution is -2.61. The molecule has 3 aliphatic heterocycles. The topological polar surface area (TPSA) is 117 Å². The molecule has 3 saturated heterocycles. The summed E-state index contributed by atoms with van der Waals surface area (Å²) in [6.45, 7) is 13.6. The molecule has 4 rings (SSSR count). The van der Waals surface area contributed by atoms with E-state index in [9.17, 15) is 19.5 Å². The first-order valence-electron chi connectivity index (χ1n) is 13.8.